The number of rotatable bonds is 2. The molecular formula is C8H7Br2ClO. The Balaban J connectivity index is 0.00000121. The molecule has 4 heteroatoms. The first-order valence-electron chi connectivity index (χ1n) is 3.09. The molecule has 1 aromatic rings. The van der Waals surface area contributed by atoms with Crippen LogP contribution in [-0.4, -0.2) is 11.1 Å². The van der Waals surface area contributed by atoms with Gasteiger partial charge in [-0.15, -0.1) is 17.0 Å². The molecule has 1 rings (SSSR count). The maximum absolute atomic E-state index is 11.0. The van der Waals surface area contributed by atoms with Gasteiger partial charge in [-0.1, -0.05) is 27.5 Å². The van der Waals surface area contributed by atoms with Crippen LogP contribution in [0.2, 0.25) is 5.02 Å². The third-order valence-corrected chi connectivity index (χ3v) is 2.05. The molecule has 0 N–H and O–H groups in total. The number of alkyl halides is 1. The lowest BCUT2D eigenvalue weighted by molar-refractivity contribution is 0.102. The fourth-order valence-electron chi connectivity index (χ4n) is 0.713. The molecule has 0 aliphatic rings. The molecule has 1 nitrogen and oxygen atoms in total. The second-order valence-electron chi connectivity index (χ2n) is 2.06. The molecule has 1 aromatic carbocycles. The van der Waals surface area contributed by atoms with Crippen LogP contribution in [0.1, 0.15) is 10.4 Å². The van der Waals surface area contributed by atoms with Gasteiger partial charge in [-0.2, -0.15) is 0 Å². The molecule has 0 fully saturated rings. The van der Waals surface area contributed by atoms with Gasteiger partial charge in [-0.3, -0.25) is 4.79 Å². The summed E-state index contributed by atoms with van der Waals surface area (Å²) < 4.78 is 0. The van der Waals surface area contributed by atoms with Gasteiger partial charge in [0.15, 0.2) is 5.78 Å². The normalized spacial score (nSPS) is 8.83. The number of carbonyl (C=O) groups is 1. The van der Waals surface area contributed by atoms with Crippen molar-refractivity contribution in [2.75, 3.05) is 5.33 Å². The van der Waals surface area contributed by atoms with Crippen LogP contribution in [0.15, 0.2) is 24.3 Å². The van der Waals surface area contributed by atoms with Crippen LogP contribution in [0, 0.1) is 0 Å². The fourth-order valence-corrected chi connectivity index (χ4v) is 1.16. The number of benzene rings is 1. The van der Waals surface area contributed by atoms with Crippen molar-refractivity contribution in [1.82, 2.24) is 0 Å². The van der Waals surface area contributed by atoms with Gasteiger partial charge in [0.2, 0.25) is 0 Å². The first kappa shape index (κ1) is 12.1. The van der Waals surface area contributed by atoms with E-state index in [0.29, 0.717) is 15.9 Å². The van der Waals surface area contributed by atoms with Gasteiger partial charge in [0, 0.05) is 10.6 Å². The van der Waals surface area contributed by atoms with Gasteiger partial charge >= 0.3 is 0 Å². The molecule has 0 spiro atoms. The zero-order chi connectivity index (χ0) is 8.27. The lowest BCUT2D eigenvalue weighted by atomic mass is 10.2. The Bertz CT molecular complexity index is 258. The average molecular weight is 314 g/mol. The Morgan fingerprint density at radius 1 is 1.33 bits per heavy atom. The summed E-state index contributed by atoms with van der Waals surface area (Å²) >= 11 is 8.72. The first-order chi connectivity index (χ1) is 5.24. The molecule has 0 atom stereocenters. The number of ketones is 1. The quantitative estimate of drug-likeness (QED) is 0.603. The minimum atomic E-state index is 0. The smallest absolute Gasteiger partial charge is 0.173 e. The van der Waals surface area contributed by atoms with E-state index in [9.17, 15) is 4.79 Å². The Morgan fingerprint density at radius 3 is 2.25 bits per heavy atom. The molecule has 0 saturated heterocycles. The summed E-state index contributed by atoms with van der Waals surface area (Å²) in [5.74, 6) is 0.0710. The van der Waals surface area contributed by atoms with Crippen molar-refractivity contribution in [2.24, 2.45) is 0 Å². The van der Waals surface area contributed by atoms with Crippen molar-refractivity contribution in [3.63, 3.8) is 0 Å². The second kappa shape index (κ2) is 5.73. The largest absolute Gasteiger partial charge is 0.293 e. The van der Waals surface area contributed by atoms with E-state index in [1.54, 1.807) is 24.3 Å². The van der Waals surface area contributed by atoms with Gasteiger partial charge in [0.25, 0.3) is 0 Å². The summed E-state index contributed by atoms with van der Waals surface area (Å²) in [4.78, 5) is 11.0. The molecule has 0 heterocycles. The highest BCUT2D eigenvalue weighted by atomic mass is 79.9. The van der Waals surface area contributed by atoms with Crippen LogP contribution in [0.5, 0.6) is 0 Å². The number of hydrogen-bond donors (Lipinski definition) is 0. The van der Waals surface area contributed by atoms with E-state index < -0.39 is 0 Å². The number of Topliss-reactive ketones (excluding diaryl/α,β-unsaturated/α-hetero) is 1. The van der Waals surface area contributed by atoms with Crippen molar-refractivity contribution >= 4 is 50.3 Å². The zero-order valence-electron chi connectivity index (χ0n) is 6.09. The fraction of sp³-hybridized carbons (Fsp3) is 0.125. The maximum Gasteiger partial charge on any atom is 0.173 e. The van der Waals surface area contributed by atoms with Crippen molar-refractivity contribution < 1.29 is 4.79 Å². The molecule has 12 heavy (non-hydrogen) atoms. The molecule has 0 saturated carbocycles. The van der Waals surface area contributed by atoms with Crippen molar-refractivity contribution in [2.45, 2.75) is 0 Å². The third-order valence-electron chi connectivity index (χ3n) is 1.29. The van der Waals surface area contributed by atoms with Crippen LogP contribution in [0.3, 0.4) is 0 Å². The molecule has 0 aromatic heterocycles. The Kier molecular flexibility index (Phi) is 5.80. The number of hydrogen-bond acceptors (Lipinski definition) is 1. The first-order valence-corrected chi connectivity index (χ1v) is 4.58. The van der Waals surface area contributed by atoms with Gasteiger partial charge < -0.3 is 0 Å². The van der Waals surface area contributed by atoms with E-state index in [2.05, 4.69) is 15.9 Å². The van der Waals surface area contributed by atoms with Crippen LogP contribution < -0.4 is 0 Å². The predicted molar refractivity (Wildman–Crippen MR) is 59.9 cm³/mol. The number of halogens is 3. The van der Waals surface area contributed by atoms with E-state index >= 15 is 0 Å². The Morgan fingerprint density at radius 2 is 1.83 bits per heavy atom. The molecule has 66 valence electrons. The SMILES string of the molecule is Br.O=C(CBr)c1ccc(Cl)cc1. The van der Waals surface area contributed by atoms with Crippen molar-refractivity contribution in [1.29, 1.82) is 0 Å². The highest BCUT2D eigenvalue weighted by Crippen LogP contribution is 2.10. The molecule has 0 bridgehead atoms. The summed E-state index contributed by atoms with van der Waals surface area (Å²) in [5.41, 5.74) is 0.686. The topological polar surface area (TPSA) is 17.1 Å². The lowest BCUT2D eigenvalue weighted by Crippen LogP contribution is -1.98. The van der Waals surface area contributed by atoms with Crippen LogP contribution in [-0.2, 0) is 0 Å². The van der Waals surface area contributed by atoms with Crippen LogP contribution >= 0.6 is 44.5 Å². The highest BCUT2D eigenvalue weighted by Gasteiger charge is 2.01. The van der Waals surface area contributed by atoms with Gasteiger partial charge in [0.1, 0.15) is 0 Å². The standard InChI is InChI=1S/C8H6BrClO.BrH/c9-5-8(11)6-1-3-7(10)4-2-6;/h1-4H,5H2;1H. The molecule has 0 aliphatic heterocycles. The van der Waals surface area contributed by atoms with Gasteiger partial charge in [0.05, 0.1) is 5.33 Å². The van der Waals surface area contributed by atoms with E-state index in [0.717, 1.165) is 0 Å². The monoisotopic (exact) mass is 312 g/mol. The van der Waals surface area contributed by atoms with E-state index in [4.69, 9.17) is 11.6 Å². The zero-order valence-corrected chi connectivity index (χ0v) is 10.1. The summed E-state index contributed by atoms with van der Waals surface area (Å²) in [6, 6.07) is 6.84. The molecular weight excluding hydrogens is 307 g/mol. The Labute approximate surface area is 95.0 Å². The lowest BCUT2D eigenvalue weighted by Gasteiger charge is -1.95. The van der Waals surface area contributed by atoms with E-state index in [1.807, 2.05) is 0 Å². The van der Waals surface area contributed by atoms with E-state index in [-0.39, 0.29) is 22.8 Å². The summed E-state index contributed by atoms with van der Waals surface area (Å²) in [5, 5.41) is 1.00. The third kappa shape index (κ3) is 3.25. The molecule has 0 amide bonds. The van der Waals surface area contributed by atoms with Crippen LogP contribution in [0.25, 0.3) is 0 Å². The van der Waals surface area contributed by atoms with Crippen molar-refractivity contribution in [3.05, 3.63) is 34.9 Å². The highest BCUT2D eigenvalue weighted by molar-refractivity contribution is 9.09. The average Bonchev–Trinajstić information content (AvgIpc) is 2.05. The Hall–Kier alpha value is 0.140. The van der Waals surface area contributed by atoms with Gasteiger partial charge in [-0.25, -0.2) is 0 Å². The summed E-state index contributed by atoms with van der Waals surface area (Å²) in [7, 11) is 0. The van der Waals surface area contributed by atoms with Crippen molar-refractivity contribution in [3.8, 4) is 0 Å². The molecule has 0 aliphatic carbocycles. The minimum absolute atomic E-state index is 0. The summed E-state index contributed by atoms with van der Waals surface area (Å²) in [6.07, 6.45) is 0. The minimum Gasteiger partial charge on any atom is -0.293 e. The van der Waals surface area contributed by atoms with E-state index in [1.165, 1.54) is 0 Å². The maximum atomic E-state index is 11.0. The number of carbonyl (C=O) groups excluding carboxylic acids is 1. The predicted octanol–water partition coefficient (Wildman–Crippen LogP) is 3.50. The second-order valence-corrected chi connectivity index (χ2v) is 3.06. The molecule has 0 unspecified atom stereocenters. The van der Waals surface area contributed by atoms with Crippen LogP contribution in [0.4, 0.5) is 0 Å². The van der Waals surface area contributed by atoms with Gasteiger partial charge in [-0.05, 0) is 24.3 Å². The summed E-state index contributed by atoms with van der Waals surface area (Å²) in [6.45, 7) is 0. The molecule has 0 radical (unpaired) electrons.